The van der Waals surface area contributed by atoms with Crippen LogP contribution in [0.1, 0.15) is 28.5 Å². The summed E-state index contributed by atoms with van der Waals surface area (Å²) < 4.78 is 0. The summed E-state index contributed by atoms with van der Waals surface area (Å²) >= 11 is 0. The Morgan fingerprint density at radius 1 is 0.889 bits per heavy atom. The fourth-order valence-electron chi connectivity index (χ4n) is 2.78. The Kier molecular flexibility index (Phi) is 5.94. The van der Waals surface area contributed by atoms with Gasteiger partial charge in [-0.1, -0.05) is 48.5 Å². The van der Waals surface area contributed by atoms with Crippen LogP contribution < -0.4 is 10.6 Å². The number of benzene rings is 2. The third-order valence-electron chi connectivity index (χ3n) is 4.11. The van der Waals surface area contributed by atoms with Crippen LogP contribution in [-0.2, 0) is 17.9 Å². The second-order valence-corrected chi connectivity index (χ2v) is 6.16. The molecule has 136 valence electrons. The average Bonchev–Trinajstić information content (AvgIpc) is 2.71. The van der Waals surface area contributed by atoms with Crippen molar-refractivity contribution in [1.29, 1.82) is 0 Å². The molecular weight excluding hydrogens is 338 g/mol. The molecule has 0 unspecified atom stereocenters. The molecule has 0 bridgehead atoms. The first-order valence-electron chi connectivity index (χ1n) is 8.74. The number of nitrogens with one attached hydrogen (secondary N) is 2. The molecular formula is C22H21N3O2. The van der Waals surface area contributed by atoms with Crippen LogP contribution in [0.25, 0.3) is 11.1 Å². The van der Waals surface area contributed by atoms with E-state index in [1.54, 1.807) is 6.20 Å². The summed E-state index contributed by atoms with van der Waals surface area (Å²) in [5.41, 5.74) is 4.19. The van der Waals surface area contributed by atoms with Gasteiger partial charge in [0, 0.05) is 25.2 Å². The van der Waals surface area contributed by atoms with Crippen LogP contribution in [0.4, 0.5) is 0 Å². The second kappa shape index (κ2) is 8.76. The van der Waals surface area contributed by atoms with Crippen LogP contribution in [-0.4, -0.2) is 16.8 Å². The van der Waals surface area contributed by atoms with Crippen LogP contribution in [0.5, 0.6) is 0 Å². The Hall–Kier alpha value is -3.47. The van der Waals surface area contributed by atoms with Gasteiger partial charge >= 0.3 is 0 Å². The van der Waals surface area contributed by atoms with E-state index in [1.165, 1.54) is 6.92 Å². The third kappa shape index (κ3) is 5.01. The number of carbonyl (C=O) groups excluding carboxylic acids is 2. The predicted molar refractivity (Wildman–Crippen MR) is 105 cm³/mol. The van der Waals surface area contributed by atoms with Crippen molar-refractivity contribution in [2.75, 3.05) is 0 Å². The SMILES string of the molecule is CC(=O)NCc1ccnc(CNC(=O)c2ccccc2-c2ccccc2)c1. The van der Waals surface area contributed by atoms with E-state index >= 15 is 0 Å². The summed E-state index contributed by atoms with van der Waals surface area (Å²) in [4.78, 5) is 28.0. The lowest BCUT2D eigenvalue weighted by Gasteiger charge is -2.11. The molecule has 0 aliphatic heterocycles. The molecule has 2 N–H and O–H groups in total. The van der Waals surface area contributed by atoms with Gasteiger partial charge in [0.05, 0.1) is 12.2 Å². The maximum atomic E-state index is 12.7. The lowest BCUT2D eigenvalue weighted by molar-refractivity contribution is -0.119. The zero-order valence-electron chi connectivity index (χ0n) is 15.1. The molecule has 2 aromatic carbocycles. The zero-order valence-corrected chi connectivity index (χ0v) is 15.1. The highest BCUT2D eigenvalue weighted by Gasteiger charge is 2.12. The summed E-state index contributed by atoms with van der Waals surface area (Å²) in [6, 6.07) is 21.1. The highest BCUT2D eigenvalue weighted by molar-refractivity contribution is 6.00. The quantitative estimate of drug-likeness (QED) is 0.709. The van der Waals surface area contributed by atoms with E-state index in [1.807, 2.05) is 66.7 Å². The van der Waals surface area contributed by atoms with Crippen molar-refractivity contribution in [2.45, 2.75) is 20.0 Å². The maximum absolute atomic E-state index is 12.7. The monoisotopic (exact) mass is 359 g/mol. The third-order valence-corrected chi connectivity index (χ3v) is 4.11. The Labute approximate surface area is 158 Å². The minimum Gasteiger partial charge on any atom is -0.352 e. The van der Waals surface area contributed by atoms with Crippen LogP contribution in [0.2, 0.25) is 0 Å². The van der Waals surface area contributed by atoms with Gasteiger partial charge in [0.25, 0.3) is 5.91 Å². The van der Waals surface area contributed by atoms with E-state index in [-0.39, 0.29) is 11.8 Å². The van der Waals surface area contributed by atoms with Crippen molar-refractivity contribution >= 4 is 11.8 Å². The molecule has 0 radical (unpaired) electrons. The number of hydrogen-bond acceptors (Lipinski definition) is 3. The molecule has 0 aliphatic rings. The van der Waals surface area contributed by atoms with Crippen molar-refractivity contribution in [3.63, 3.8) is 0 Å². The van der Waals surface area contributed by atoms with Crippen LogP contribution >= 0.6 is 0 Å². The van der Waals surface area contributed by atoms with Crippen LogP contribution in [0.3, 0.4) is 0 Å². The molecule has 0 aliphatic carbocycles. The summed E-state index contributed by atoms with van der Waals surface area (Å²) in [5, 5.41) is 5.68. The first kappa shape index (κ1) is 18.3. The molecule has 0 fully saturated rings. The molecule has 2 amide bonds. The van der Waals surface area contributed by atoms with E-state index in [0.717, 1.165) is 22.4 Å². The van der Waals surface area contributed by atoms with Gasteiger partial charge in [-0.15, -0.1) is 0 Å². The van der Waals surface area contributed by atoms with Crippen molar-refractivity contribution < 1.29 is 9.59 Å². The lowest BCUT2D eigenvalue weighted by atomic mass is 9.99. The van der Waals surface area contributed by atoms with Gasteiger partial charge in [-0.25, -0.2) is 0 Å². The van der Waals surface area contributed by atoms with Gasteiger partial charge < -0.3 is 10.6 Å². The average molecular weight is 359 g/mol. The van der Waals surface area contributed by atoms with Crippen molar-refractivity contribution in [2.24, 2.45) is 0 Å². The Balaban J connectivity index is 1.70. The first-order chi connectivity index (χ1) is 13.1. The van der Waals surface area contributed by atoms with Gasteiger partial charge in [-0.05, 0) is 34.9 Å². The number of rotatable bonds is 6. The number of amides is 2. The Morgan fingerprint density at radius 3 is 2.41 bits per heavy atom. The maximum Gasteiger partial charge on any atom is 0.252 e. The minimum atomic E-state index is -0.150. The molecule has 0 atom stereocenters. The Bertz CT molecular complexity index is 939. The summed E-state index contributed by atoms with van der Waals surface area (Å²) in [6.07, 6.45) is 1.68. The van der Waals surface area contributed by atoms with E-state index < -0.39 is 0 Å². The summed E-state index contributed by atoms with van der Waals surface area (Å²) in [6.45, 7) is 2.23. The van der Waals surface area contributed by atoms with E-state index in [0.29, 0.717) is 18.7 Å². The van der Waals surface area contributed by atoms with Gasteiger partial charge in [0.15, 0.2) is 0 Å². The lowest BCUT2D eigenvalue weighted by Crippen LogP contribution is -2.24. The number of hydrogen-bond donors (Lipinski definition) is 2. The van der Waals surface area contributed by atoms with Gasteiger partial charge in [0.1, 0.15) is 0 Å². The topological polar surface area (TPSA) is 71.1 Å². The highest BCUT2D eigenvalue weighted by atomic mass is 16.2. The van der Waals surface area contributed by atoms with Crippen molar-refractivity contribution in [3.05, 3.63) is 89.7 Å². The van der Waals surface area contributed by atoms with E-state index in [9.17, 15) is 9.59 Å². The van der Waals surface area contributed by atoms with Crippen LogP contribution in [0.15, 0.2) is 72.9 Å². The summed E-state index contributed by atoms with van der Waals surface area (Å²) in [5.74, 6) is -0.234. The second-order valence-electron chi connectivity index (χ2n) is 6.16. The zero-order chi connectivity index (χ0) is 19.1. The summed E-state index contributed by atoms with van der Waals surface area (Å²) in [7, 11) is 0. The normalized spacial score (nSPS) is 10.3. The Morgan fingerprint density at radius 2 is 1.63 bits per heavy atom. The first-order valence-corrected chi connectivity index (χ1v) is 8.74. The number of nitrogens with zero attached hydrogens (tertiary/aromatic N) is 1. The molecule has 0 saturated heterocycles. The number of pyridine rings is 1. The van der Waals surface area contributed by atoms with E-state index in [4.69, 9.17) is 0 Å². The van der Waals surface area contributed by atoms with Crippen molar-refractivity contribution in [1.82, 2.24) is 15.6 Å². The molecule has 0 saturated carbocycles. The number of carbonyl (C=O) groups is 2. The highest BCUT2D eigenvalue weighted by Crippen LogP contribution is 2.23. The van der Waals surface area contributed by atoms with Gasteiger partial charge in [0.2, 0.25) is 5.91 Å². The van der Waals surface area contributed by atoms with Gasteiger partial charge in [-0.3, -0.25) is 14.6 Å². The molecule has 27 heavy (non-hydrogen) atoms. The molecule has 3 aromatic rings. The molecule has 5 nitrogen and oxygen atoms in total. The smallest absolute Gasteiger partial charge is 0.252 e. The standard InChI is InChI=1S/C22H21N3O2/c1-16(26)24-14-17-11-12-23-19(13-17)15-25-22(27)21-10-6-5-9-20(21)18-7-3-2-4-8-18/h2-13H,14-15H2,1H3,(H,24,26)(H,25,27). The predicted octanol–water partition coefficient (Wildman–Crippen LogP) is 3.31. The molecule has 0 spiro atoms. The number of aromatic nitrogens is 1. The fraction of sp³-hybridized carbons (Fsp3) is 0.136. The molecule has 1 heterocycles. The van der Waals surface area contributed by atoms with Gasteiger partial charge in [-0.2, -0.15) is 0 Å². The van der Waals surface area contributed by atoms with Crippen molar-refractivity contribution in [3.8, 4) is 11.1 Å². The largest absolute Gasteiger partial charge is 0.352 e. The molecule has 1 aromatic heterocycles. The molecule has 3 rings (SSSR count). The fourth-order valence-corrected chi connectivity index (χ4v) is 2.78. The van der Waals surface area contributed by atoms with E-state index in [2.05, 4.69) is 15.6 Å². The minimum absolute atomic E-state index is 0.0841. The van der Waals surface area contributed by atoms with Crippen LogP contribution in [0, 0.1) is 0 Å². The molecule has 5 heteroatoms.